The maximum absolute atomic E-state index is 13.9. The summed E-state index contributed by atoms with van der Waals surface area (Å²) in [5, 5.41) is 12.8. The van der Waals surface area contributed by atoms with E-state index in [1.54, 1.807) is 29.7 Å². The van der Waals surface area contributed by atoms with E-state index in [0.717, 1.165) is 12.1 Å². The number of aliphatic hydroxyl groups excluding tert-OH is 1. The number of carbonyl (C=O) groups is 1. The summed E-state index contributed by atoms with van der Waals surface area (Å²) in [6.07, 6.45) is 2.68. The van der Waals surface area contributed by atoms with Gasteiger partial charge < -0.3 is 19.9 Å². The smallest absolute Gasteiger partial charge is 0.270 e. The fourth-order valence-corrected chi connectivity index (χ4v) is 3.75. The van der Waals surface area contributed by atoms with Gasteiger partial charge in [-0.15, -0.1) is 0 Å². The van der Waals surface area contributed by atoms with Crippen LogP contribution in [0.4, 0.5) is 8.78 Å². The molecule has 0 atom stereocenters. The average molecular weight is 431 g/mol. The van der Waals surface area contributed by atoms with Gasteiger partial charge in [0.1, 0.15) is 23.9 Å². The number of pyridine rings is 1. The molecule has 0 unspecified atom stereocenters. The summed E-state index contributed by atoms with van der Waals surface area (Å²) in [5.41, 5.74) is 0.187. The molecule has 164 valence electrons. The lowest BCUT2D eigenvalue weighted by molar-refractivity contribution is 0.0124. The molecular weight excluding hydrogens is 408 g/mol. The first-order valence-corrected chi connectivity index (χ1v) is 9.98. The van der Waals surface area contributed by atoms with E-state index in [1.807, 2.05) is 0 Å². The zero-order valence-corrected chi connectivity index (χ0v) is 17.0. The number of amides is 1. The van der Waals surface area contributed by atoms with E-state index in [0.29, 0.717) is 43.1 Å². The van der Waals surface area contributed by atoms with Gasteiger partial charge in [-0.05, 0) is 44.0 Å². The molecule has 1 amide bonds. The molecule has 9 heteroatoms. The van der Waals surface area contributed by atoms with E-state index in [2.05, 4.69) is 10.3 Å². The first-order chi connectivity index (χ1) is 14.9. The van der Waals surface area contributed by atoms with Crippen LogP contribution in [-0.2, 0) is 11.3 Å². The summed E-state index contributed by atoms with van der Waals surface area (Å²) in [6.45, 7) is 2.09. The molecule has 31 heavy (non-hydrogen) atoms. The number of hydrogen-bond acceptors (Lipinski definition) is 5. The van der Waals surface area contributed by atoms with Crippen molar-refractivity contribution in [1.29, 1.82) is 0 Å². The fourth-order valence-electron chi connectivity index (χ4n) is 3.75. The number of aromatic nitrogens is 2. The number of ether oxygens (including phenoxy) is 2. The second-order valence-electron chi connectivity index (χ2n) is 7.61. The fraction of sp³-hybridized carbons (Fsp3) is 0.364. The van der Waals surface area contributed by atoms with Crippen molar-refractivity contribution in [2.75, 3.05) is 19.8 Å². The molecule has 2 N–H and O–H groups in total. The Balaban J connectivity index is 1.62. The summed E-state index contributed by atoms with van der Waals surface area (Å²) in [7, 11) is 0. The molecule has 7 nitrogen and oxygen atoms in total. The highest BCUT2D eigenvalue weighted by molar-refractivity contribution is 5.95. The number of benzene rings is 1. The largest absolute Gasteiger partial charge is 0.485 e. The second kappa shape index (κ2) is 8.60. The van der Waals surface area contributed by atoms with Crippen LogP contribution in [0.5, 0.6) is 5.75 Å². The van der Waals surface area contributed by atoms with Crippen LogP contribution in [0.2, 0.25) is 0 Å². The Hall–Kier alpha value is -3.04. The van der Waals surface area contributed by atoms with Crippen LogP contribution in [0, 0.1) is 18.6 Å². The lowest BCUT2D eigenvalue weighted by atomic mass is 9.91. The Labute approximate surface area is 177 Å². The monoisotopic (exact) mass is 431 g/mol. The molecule has 2 aromatic heterocycles. The van der Waals surface area contributed by atoms with E-state index < -0.39 is 17.2 Å². The third-order valence-electron chi connectivity index (χ3n) is 5.57. The van der Waals surface area contributed by atoms with Crippen molar-refractivity contribution in [3.63, 3.8) is 0 Å². The standard InChI is InChI=1S/C22H23F2N3O4/c1-14-19(21(29)26-22(13-28)7-10-30-11-8-22)27-9-3-6-18(20(27)25-14)31-12-15-16(23)4-2-5-17(15)24/h2-6,9,28H,7-8,10-13H2,1H3,(H,26,29). The predicted octanol–water partition coefficient (Wildman–Crippen LogP) is 2.77. The highest BCUT2D eigenvalue weighted by Gasteiger charge is 2.35. The van der Waals surface area contributed by atoms with E-state index in [-0.39, 0.29) is 30.4 Å². The number of nitrogens with one attached hydrogen (secondary N) is 1. The number of hydrogen-bond donors (Lipinski definition) is 2. The molecule has 1 saturated heterocycles. The molecule has 0 spiro atoms. The minimum atomic E-state index is -0.748. The summed E-state index contributed by atoms with van der Waals surface area (Å²) in [4.78, 5) is 17.5. The zero-order valence-electron chi connectivity index (χ0n) is 17.0. The maximum Gasteiger partial charge on any atom is 0.270 e. The Bertz CT molecular complexity index is 1090. The summed E-state index contributed by atoms with van der Waals surface area (Å²) in [5.74, 6) is -1.48. The van der Waals surface area contributed by atoms with Crippen LogP contribution in [0.3, 0.4) is 0 Å². The topological polar surface area (TPSA) is 85.1 Å². The van der Waals surface area contributed by atoms with Gasteiger partial charge in [-0.1, -0.05) is 6.07 Å². The van der Waals surface area contributed by atoms with Crippen molar-refractivity contribution >= 4 is 11.6 Å². The molecule has 1 aromatic carbocycles. The summed E-state index contributed by atoms with van der Waals surface area (Å²) >= 11 is 0. The van der Waals surface area contributed by atoms with Crippen LogP contribution in [0.25, 0.3) is 5.65 Å². The van der Waals surface area contributed by atoms with Crippen LogP contribution < -0.4 is 10.1 Å². The van der Waals surface area contributed by atoms with E-state index in [9.17, 15) is 18.7 Å². The van der Waals surface area contributed by atoms with E-state index >= 15 is 0 Å². The average Bonchev–Trinajstić information content (AvgIpc) is 3.10. The van der Waals surface area contributed by atoms with Gasteiger partial charge in [0, 0.05) is 19.4 Å². The molecule has 3 aromatic rings. The van der Waals surface area contributed by atoms with Gasteiger partial charge in [0.15, 0.2) is 11.4 Å². The first-order valence-electron chi connectivity index (χ1n) is 9.98. The Morgan fingerprint density at radius 3 is 2.65 bits per heavy atom. The number of imidazole rings is 1. The van der Waals surface area contributed by atoms with Crippen molar-refractivity contribution in [3.8, 4) is 5.75 Å². The van der Waals surface area contributed by atoms with Gasteiger partial charge in [-0.25, -0.2) is 13.8 Å². The third kappa shape index (κ3) is 4.11. The SMILES string of the molecule is Cc1nc2c(OCc3c(F)cccc3F)cccn2c1C(=O)NC1(CO)CCOCC1. The van der Waals surface area contributed by atoms with Crippen molar-refractivity contribution < 1.29 is 28.2 Å². The van der Waals surface area contributed by atoms with Gasteiger partial charge in [0.05, 0.1) is 23.4 Å². The van der Waals surface area contributed by atoms with Gasteiger partial charge in [0.2, 0.25) is 0 Å². The van der Waals surface area contributed by atoms with E-state index in [1.165, 1.54) is 6.07 Å². The summed E-state index contributed by atoms with van der Waals surface area (Å²) < 4.78 is 40.4. The number of aryl methyl sites for hydroxylation is 1. The molecule has 3 heterocycles. The number of fused-ring (bicyclic) bond motifs is 1. The van der Waals surface area contributed by atoms with Crippen LogP contribution in [-0.4, -0.2) is 45.8 Å². The zero-order chi connectivity index (χ0) is 22.0. The summed E-state index contributed by atoms with van der Waals surface area (Å²) in [6, 6.07) is 6.90. The molecule has 0 radical (unpaired) electrons. The molecule has 1 aliphatic rings. The Kier molecular flexibility index (Phi) is 5.88. The van der Waals surface area contributed by atoms with Crippen LogP contribution >= 0.6 is 0 Å². The quantitative estimate of drug-likeness (QED) is 0.627. The molecular formula is C22H23F2N3O4. The van der Waals surface area contributed by atoms with Gasteiger partial charge in [0.25, 0.3) is 5.91 Å². The van der Waals surface area contributed by atoms with E-state index in [4.69, 9.17) is 9.47 Å². The van der Waals surface area contributed by atoms with Gasteiger partial charge >= 0.3 is 0 Å². The highest BCUT2D eigenvalue weighted by Crippen LogP contribution is 2.26. The molecule has 1 fully saturated rings. The van der Waals surface area contributed by atoms with Crippen LogP contribution in [0.15, 0.2) is 36.5 Å². The second-order valence-corrected chi connectivity index (χ2v) is 7.61. The normalized spacial score (nSPS) is 15.7. The molecule has 0 bridgehead atoms. The number of nitrogens with zero attached hydrogens (tertiary/aromatic N) is 2. The molecule has 1 aliphatic heterocycles. The Morgan fingerprint density at radius 1 is 1.26 bits per heavy atom. The van der Waals surface area contributed by atoms with Gasteiger partial charge in [-0.3, -0.25) is 9.20 Å². The van der Waals surface area contributed by atoms with Gasteiger partial charge in [-0.2, -0.15) is 0 Å². The predicted molar refractivity (Wildman–Crippen MR) is 108 cm³/mol. The number of aliphatic hydroxyl groups is 1. The van der Waals surface area contributed by atoms with Crippen molar-refractivity contribution in [2.45, 2.75) is 31.9 Å². The third-order valence-corrected chi connectivity index (χ3v) is 5.57. The minimum Gasteiger partial charge on any atom is -0.485 e. The van der Waals surface area contributed by atoms with Crippen molar-refractivity contribution in [1.82, 2.24) is 14.7 Å². The first kappa shape index (κ1) is 21.2. The lowest BCUT2D eigenvalue weighted by Crippen LogP contribution is -2.54. The Morgan fingerprint density at radius 2 is 1.97 bits per heavy atom. The molecule has 4 rings (SSSR count). The van der Waals surface area contributed by atoms with Crippen LogP contribution in [0.1, 0.15) is 34.6 Å². The number of rotatable bonds is 6. The molecule has 0 aliphatic carbocycles. The van der Waals surface area contributed by atoms with Crippen molar-refractivity contribution in [3.05, 3.63) is 65.1 Å². The highest BCUT2D eigenvalue weighted by atomic mass is 19.1. The number of halogens is 2. The molecule has 0 saturated carbocycles. The number of carbonyl (C=O) groups excluding carboxylic acids is 1. The minimum absolute atomic E-state index is 0.185. The van der Waals surface area contributed by atoms with Crippen molar-refractivity contribution in [2.24, 2.45) is 0 Å². The maximum atomic E-state index is 13.9. The lowest BCUT2D eigenvalue weighted by Gasteiger charge is -2.36.